The zero-order valence-corrected chi connectivity index (χ0v) is 24.7. The predicted molar refractivity (Wildman–Crippen MR) is 156 cm³/mol. The molecule has 0 heterocycles. The Balaban J connectivity index is 1.84. The van der Waals surface area contributed by atoms with E-state index in [1.54, 1.807) is 0 Å². The number of nitrogens with one attached hydrogen (secondary N) is 1. The Labute approximate surface area is 237 Å². The van der Waals surface area contributed by atoms with E-state index in [0.29, 0.717) is 31.0 Å². The fourth-order valence-corrected chi connectivity index (χ4v) is 5.67. The van der Waals surface area contributed by atoms with Crippen molar-refractivity contribution in [1.82, 2.24) is 5.32 Å². The second-order valence-electron chi connectivity index (χ2n) is 11.9. The summed E-state index contributed by atoms with van der Waals surface area (Å²) in [4.78, 5) is 45.9. The second kappa shape index (κ2) is 22.9. The number of hydrogen-bond donors (Lipinski definition) is 3. The van der Waals surface area contributed by atoms with E-state index in [0.717, 1.165) is 57.8 Å². The summed E-state index contributed by atoms with van der Waals surface area (Å²) in [6.45, 7) is 1.49. The van der Waals surface area contributed by atoms with E-state index in [4.69, 9.17) is 10.2 Å². The summed E-state index contributed by atoms with van der Waals surface area (Å²) in [5.74, 6) is -1.04. The van der Waals surface area contributed by atoms with Gasteiger partial charge in [0.05, 0.1) is 0 Å². The number of rotatable bonds is 25. The highest BCUT2D eigenvalue weighted by Gasteiger charge is 2.28. The van der Waals surface area contributed by atoms with Crippen molar-refractivity contribution in [3.63, 3.8) is 0 Å². The van der Waals surface area contributed by atoms with Crippen LogP contribution in [0.1, 0.15) is 161 Å². The van der Waals surface area contributed by atoms with E-state index >= 15 is 0 Å². The molecule has 0 radical (unpaired) electrons. The average Bonchev–Trinajstić information content (AvgIpc) is 2.91. The molecule has 1 aliphatic carbocycles. The molecule has 0 aromatic rings. The largest absolute Gasteiger partial charge is 0.481 e. The lowest BCUT2D eigenvalue weighted by atomic mass is 9.79. The molecule has 1 fully saturated rings. The van der Waals surface area contributed by atoms with Gasteiger partial charge in [-0.25, -0.2) is 0 Å². The van der Waals surface area contributed by atoms with Gasteiger partial charge in [0, 0.05) is 25.2 Å². The van der Waals surface area contributed by atoms with Gasteiger partial charge < -0.3 is 15.5 Å². The van der Waals surface area contributed by atoms with Crippen LogP contribution in [0, 0.1) is 11.8 Å². The third kappa shape index (κ3) is 19.7. The molecule has 0 saturated heterocycles. The minimum absolute atomic E-state index is 0.0936. The van der Waals surface area contributed by atoms with Gasteiger partial charge in [0.25, 0.3) is 0 Å². The second-order valence-corrected chi connectivity index (χ2v) is 11.9. The number of Topliss-reactive ketones (excluding diaryl/α,β-unsaturated/α-hetero) is 1. The van der Waals surface area contributed by atoms with E-state index in [1.807, 2.05) is 0 Å². The normalized spacial score (nSPS) is 18.0. The summed E-state index contributed by atoms with van der Waals surface area (Å²) < 4.78 is 0. The van der Waals surface area contributed by atoms with Gasteiger partial charge in [0.2, 0.25) is 5.91 Å². The van der Waals surface area contributed by atoms with E-state index < -0.39 is 18.0 Å². The van der Waals surface area contributed by atoms with Crippen LogP contribution in [0.4, 0.5) is 0 Å². The fourth-order valence-electron chi connectivity index (χ4n) is 5.67. The number of carboxylic acids is 2. The molecule has 0 aliphatic heterocycles. The number of carbonyl (C=O) groups is 4. The van der Waals surface area contributed by atoms with Gasteiger partial charge >= 0.3 is 11.9 Å². The molecule has 1 aliphatic rings. The van der Waals surface area contributed by atoms with Gasteiger partial charge in [-0.2, -0.15) is 0 Å². The Hall–Kier alpha value is -1.92. The molecular formula is C32H57NO6. The molecule has 1 amide bonds. The van der Waals surface area contributed by atoms with E-state index in [2.05, 4.69) is 5.32 Å². The molecule has 226 valence electrons. The number of unbranched alkanes of at least 4 members (excludes halogenated alkanes) is 15. The Morgan fingerprint density at radius 2 is 1.03 bits per heavy atom. The smallest absolute Gasteiger partial charge is 0.325 e. The van der Waals surface area contributed by atoms with Crippen molar-refractivity contribution in [2.24, 2.45) is 11.8 Å². The monoisotopic (exact) mass is 551 g/mol. The van der Waals surface area contributed by atoms with Crippen LogP contribution >= 0.6 is 0 Å². The SMILES string of the molecule is C[C@@H](NC(=O)C1CCC(CCC(=O)CCCCCCCCCCCCCCCCCCC(=O)O)CC1)C(=O)O. The quantitative estimate of drug-likeness (QED) is 0.0994. The van der Waals surface area contributed by atoms with Crippen molar-refractivity contribution in [3.05, 3.63) is 0 Å². The van der Waals surface area contributed by atoms with E-state index in [9.17, 15) is 19.2 Å². The first kappa shape index (κ1) is 35.1. The molecule has 1 rings (SSSR count). The van der Waals surface area contributed by atoms with E-state index in [1.165, 1.54) is 84.0 Å². The molecule has 0 aromatic carbocycles. The molecular weight excluding hydrogens is 494 g/mol. The van der Waals surface area contributed by atoms with Crippen molar-refractivity contribution in [2.75, 3.05) is 0 Å². The Morgan fingerprint density at radius 3 is 1.44 bits per heavy atom. The molecule has 7 nitrogen and oxygen atoms in total. The summed E-state index contributed by atoms with van der Waals surface area (Å²) in [5.41, 5.74) is 0. The first-order valence-corrected chi connectivity index (χ1v) is 16.1. The topological polar surface area (TPSA) is 121 Å². The third-order valence-corrected chi connectivity index (χ3v) is 8.37. The molecule has 0 aromatic heterocycles. The standard InChI is InChI=1S/C32H57NO6/c1-26(32(38)39)33-31(37)28-23-20-27(21-24-28)22-25-29(34)18-16-14-12-10-8-6-4-2-3-5-7-9-11-13-15-17-19-30(35)36/h26-28H,2-25H2,1H3,(H,33,37)(H,35,36)(H,38,39)/t26-,27?,28?/m1/s1. The predicted octanol–water partition coefficient (Wildman–Crippen LogP) is 7.84. The van der Waals surface area contributed by atoms with Crippen LogP contribution in [0.15, 0.2) is 0 Å². The van der Waals surface area contributed by atoms with Crippen molar-refractivity contribution in [3.8, 4) is 0 Å². The minimum atomic E-state index is -1.01. The first-order valence-electron chi connectivity index (χ1n) is 16.1. The van der Waals surface area contributed by atoms with Gasteiger partial charge in [-0.1, -0.05) is 89.9 Å². The molecule has 0 bridgehead atoms. The Bertz CT molecular complexity index is 686. The fraction of sp³-hybridized carbons (Fsp3) is 0.875. The van der Waals surface area contributed by atoms with Crippen LogP contribution in [-0.4, -0.2) is 39.9 Å². The molecule has 1 atom stereocenters. The van der Waals surface area contributed by atoms with Crippen LogP contribution in [0.5, 0.6) is 0 Å². The zero-order valence-electron chi connectivity index (χ0n) is 24.7. The van der Waals surface area contributed by atoms with Crippen molar-refractivity contribution >= 4 is 23.6 Å². The van der Waals surface area contributed by atoms with Gasteiger partial charge in [0.1, 0.15) is 11.8 Å². The van der Waals surface area contributed by atoms with Crippen molar-refractivity contribution in [1.29, 1.82) is 0 Å². The number of carboxylic acid groups (broad SMARTS) is 2. The minimum Gasteiger partial charge on any atom is -0.481 e. The highest BCUT2D eigenvalue weighted by molar-refractivity contribution is 5.84. The highest BCUT2D eigenvalue weighted by Crippen LogP contribution is 2.32. The molecule has 39 heavy (non-hydrogen) atoms. The first-order chi connectivity index (χ1) is 18.8. The number of hydrogen-bond acceptors (Lipinski definition) is 4. The van der Waals surface area contributed by atoms with Crippen LogP contribution in [0.25, 0.3) is 0 Å². The summed E-state index contributed by atoms with van der Waals surface area (Å²) >= 11 is 0. The molecule has 0 unspecified atom stereocenters. The summed E-state index contributed by atoms with van der Waals surface area (Å²) in [6.07, 6.45) is 25.6. The van der Waals surface area contributed by atoms with Gasteiger partial charge in [0.15, 0.2) is 0 Å². The average molecular weight is 552 g/mol. The molecule has 3 N–H and O–H groups in total. The van der Waals surface area contributed by atoms with Crippen molar-refractivity contribution in [2.45, 2.75) is 167 Å². The van der Waals surface area contributed by atoms with Crippen LogP contribution in [0.3, 0.4) is 0 Å². The van der Waals surface area contributed by atoms with Gasteiger partial charge in [-0.3, -0.25) is 19.2 Å². The van der Waals surface area contributed by atoms with Crippen LogP contribution in [-0.2, 0) is 19.2 Å². The zero-order chi connectivity index (χ0) is 28.7. The summed E-state index contributed by atoms with van der Waals surface area (Å²) in [6, 6.07) is -0.847. The Kier molecular flexibility index (Phi) is 20.6. The highest BCUT2D eigenvalue weighted by atomic mass is 16.4. The molecule has 0 spiro atoms. The van der Waals surface area contributed by atoms with Crippen molar-refractivity contribution < 1.29 is 29.4 Å². The summed E-state index contributed by atoms with van der Waals surface area (Å²) in [5, 5.41) is 20.1. The maximum absolute atomic E-state index is 12.3. The third-order valence-electron chi connectivity index (χ3n) is 8.37. The van der Waals surface area contributed by atoms with Gasteiger partial charge in [-0.15, -0.1) is 0 Å². The summed E-state index contributed by atoms with van der Waals surface area (Å²) in [7, 11) is 0. The van der Waals surface area contributed by atoms with Crippen LogP contribution < -0.4 is 5.32 Å². The maximum atomic E-state index is 12.3. The molecule has 7 heteroatoms. The lowest BCUT2D eigenvalue weighted by Gasteiger charge is -2.28. The number of aliphatic carboxylic acids is 2. The number of carbonyl (C=O) groups excluding carboxylic acids is 2. The van der Waals surface area contributed by atoms with E-state index in [-0.39, 0.29) is 11.8 Å². The molecule has 1 saturated carbocycles. The lowest BCUT2D eigenvalue weighted by Crippen LogP contribution is -2.42. The van der Waals surface area contributed by atoms with Crippen LogP contribution in [0.2, 0.25) is 0 Å². The number of ketones is 1. The maximum Gasteiger partial charge on any atom is 0.325 e. The number of amides is 1. The lowest BCUT2D eigenvalue weighted by molar-refractivity contribution is -0.142. The van der Waals surface area contributed by atoms with Gasteiger partial charge in [-0.05, 0) is 57.8 Å². The Morgan fingerprint density at radius 1 is 0.615 bits per heavy atom.